The van der Waals surface area contributed by atoms with Crippen LogP contribution >= 0.6 is 0 Å². The Morgan fingerprint density at radius 3 is 2.25 bits per heavy atom. The molecule has 12 heavy (non-hydrogen) atoms. The Kier molecular flexibility index (Phi) is 3.23. The second-order valence-corrected chi connectivity index (χ2v) is 2.74. The van der Waals surface area contributed by atoms with Crippen LogP contribution in [0.2, 0.25) is 0 Å². The van der Waals surface area contributed by atoms with Gasteiger partial charge in [0.1, 0.15) is 12.3 Å². The molecule has 0 aliphatic rings. The molecule has 2 atom stereocenters. The van der Waals surface area contributed by atoms with Crippen molar-refractivity contribution in [2.45, 2.75) is 19.2 Å². The maximum Gasteiger partial charge on any atom is 0.128 e. The van der Waals surface area contributed by atoms with E-state index in [1.165, 1.54) is 14.0 Å². The Morgan fingerprint density at radius 1 is 1.25 bits per heavy atom. The van der Waals surface area contributed by atoms with Crippen molar-refractivity contribution in [3.05, 3.63) is 35.9 Å². The lowest BCUT2D eigenvalue weighted by Gasteiger charge is -2.16. The van der Waals surface area contributed by atoms with E-state index in [0.717, 1.165) is 5.56 Å². The lowest BCUT2D eigenvalue weighted by molar-refractivity contribution is 0.0392. The molecule has 1 rings (SSSR count). The van der Waals surface area contributed by atoms with Gasteiger partial charge in [-0.05, 0) is 12.5 Å². The van der Waals surface area contributed by atoms with Gasteiger partial charge in [-0.1, -0.05) is 30.3 Å². The van der Waals surface area contributed by atoms with Crippen LogP contribution in [-0.2, 0) is 4.74 Å². The average molecular weight is 168 g/mol. The third kappa shape index (κ3) is 2.05. The molecule has 1 aromatic carbocycles. The van der Waals surface area contributed by atoms with Crippen LogP contribution in [0.4, 0.5) is 4.39 Å². The molecule has 0 spiro atoms. The Morgan fingerprint density at radius 2 is 1.83 bits per heavy atom. The highest BCUT2D eigenvalue weighted by Gasteiger charge is 2.16. The molecule has 0 heterocycles. The topological polar surface area (TPSA) is 9.23 Å². The van der Waals surface area contributed by atoms with Gasteiger partial charge in [-0.15, -0.1) is 0 Å². The normalized spacial score (nSPS) is 15.6. The van der Waals surface area contributed by atoms with E-state index in [4.69, 9.17) is 4.74 Å². The third-order valence-corrected chi connectivity index (χ3v) is 1.80. The molecular weight excluding hydrogens is 155 g/mol. The van der Waals surface area contributed by atoms with Gasteiger partial charge in [-0.3, -0.25) is 0 Å². The van der Waals surface area contributed by atoms with Crippen molar-refractivity contribution < 1.29 is 9.13 Å². The maximum atomic E-state index is 12.9. The summed E-state index contributed by atoms with van der Waals surface area (Å²) in [4.78, 5) is 0. The number of benzene rings is 1. The van der Waals surface area contributed by atoms with Crippen molar-refractivity contribution in [2.75, 3.05) is 7.11 Å². The highest BCUT2D eigenvalue weighted by Crippen LogP contribution is 2.21. The molecule has 66 valence electrons. The summed E-state index contributed by atoms with van der Waals surface area (Å²) < 4.78 is 17.9. The quantitative estimate of drug-likeness (QED) is 0.674. The summed E-state index contributed by atoms with van der Waals surface area (Å²) in [7, 11) is 1.52. The fourth-order valence-corrected chi connectivity index (χ4v) is 1.23. The van der Waals surface area contributed by atoms with Gasteiger partial charge in [0.2, 0.25) is 0 Å². The number of hydrogen-bond donors (Lipinski definition) is 0. The average Bonchev–Trinajstić information content (AvgIpc) is 2.07. The van der Waals surface area contributed by atoms with Crippen molar-refractivity contribution in [1.29, 1.82) is 0 Å². The first-order valence-corrected chi connectivity index (χ1v) is 3.97. The molecule has 0 saturated carbocycles. The fourth-order valence-electron chi connectivity index (χ4n) is 1.23. The first-order chi connectivity index (χ1) is 5.75. The van der Waals surface area contributed by atoms with E-state index in [1.807, 2.05) is 30.3 Å². The molecule has 0 radical (unpaired) electrons. The maximum absolute atomic E-state index is 12.9. The van der Waals surface area contributed by atoms with E-state index < -0.39 is 12.3 Å². The van der Waals surface area contributed by atoms with Gasteiger partial charge in [0.05, 0.1) is 0 Å². The second-order valence-electron chi connectivity index (χ2n) is 2.74. The van der Waals surface area contributed by atoms with Crippen LogP contribution in [0.15, 0.2) is 30.3 Å². The summed E-state index contributed by atoms with van der Waals surface area (Å²) in [5.41, 5.74) is 0.884. The Balaban J connectivity index is 2.80. The van der Waals surface area contributed by atoms with Crippen LogP contribution in [0, 0.1) is 0 Å². The molecule has 0 saturated heterocycles. The van der Waals surface area contributed by atoms with Gasteiger partial charge in [-0.25, -0.2) is 4.39 Å². The Bertz CT molecular complexity index is 221. The van der Waals surface area contributed by atoms with Crippen LogP contribution in [-0.4, -0.2) is 13.3 Å². The van der Waals surface area contributed by atoms with Crippen molar-refractivity contribution in [3.63, 3.8) is 0 Å². The fraction of sp³-hybridized carbons (Fsp3) is 0.400. The summed E-state index contributed by atoms with van der Waals surface area (Å²) in [6.45, 7) is 1.50. The van der Waals surface area contributed by atoms with Crippen LogP contribution in [0.25, 0.3) is 0 Å². The molecule has 0 N–H and O–H groups in total. The minimum atomic E-state index is -0.975. The predicted molar refractivity (Wildman–Crippen MR) is 46.8 cm³/mol. The number of halogens is 1. The van der Waals surface area contributed by atoms with E-state index in [-0.39, 0.29) is 0 Å². The number of hydrogen-bond acceptors (Lipinski definition) is 1. The number of methoxy groups -OCH3 is 1. The summed E-state index contributed by atoms with van der Waals surface area (Å²) in [6, 6.07) is 9.39. The molecule has 2 unspecified atom stereocenters. The molecule has 0 aromatic heterocycles. The van der Waals surface area contributed by atoms with Crippen molar-refractivity contribution in [1.82, 2.24) is 0 Å². The predicted octanol–water partition coefficient (Wildman–Crippen LogP) is 2.73. The molecule has 0 aliphatic carbocycles. The lowest BCUT2D eigenvalue weighted by atomic mass is 10.1. The van der Waals surface area contributed by atoms with Gasteiger partial charge in [0, 0.05) is 7.11 Å². The Labute approximate surface area is 72.2 Å². The van der Waals surface area contributed by atoms with E-state index in [9.17, 15) is 4.39 Å². The Hall–Kier alpha value is -0.890. The van der Waals surface area contributed by atoms with Crippen molar-refractivity contribution in [3.8, 4) is 0 Å². The first-order valence-electron chi connectivity index (χ1n) is 3.97. The van der Waals surface area contributed by atoms with Crippen LogP contribution < -0.4 is 0 Å². The van der Waals surface area contributed by atoms with Crippen LogP contribution in [0.5, 0.6) is 0 Å². The zero-order chi connectivity index (χ0) is 8.97. The summed E-state index contributed by atoms with van der Waals surface area (Å²) >= 11 is 0. The summed E-state index contributed by atoms with van der Waals surface area (Å²) in [6.07, 6.45) is -1.41. The van der Waals surface area contributed by atoms with Gasteiger partial charge in [0.15, 0.2) is 0 Å². The van der Waals surface area contributed by atoms with Crippen molar-refractivity contribution in [2.24, 2.45) is 0 Å². The van der Waals surface area contributed by atoms with E-state index in [0.29, 0.717) is 0 Å². The highest BCUT2D eigenvalue weighted by molar-refractivity contribution is 5.18. The van der Waals surface area contributed by atoms with E-state index in [2.05, 4.69) is 0 Å². The van der Waals surface area contributed by atoms with Crippen LogP contribution in [0.3, 0.4) is 0 Å². The highest BCUT2D eigenvalue weighted by atomic mass is 19.1. The second kappa shape index (κ2) is 4.21. The molecule has 0 fully saturated rings. The third-order valence-electron chi connectivity index (χ3n) is 1.80. The van der Waals surface area contributed by atoms with Gasteiger partial charge < -0.3 is 4.74 Å². The molecular formula is C10H13FO. The molecule has 0 amide bonds. The summed E-state index contributed by atoms with van der Waals surface area (Å²) in [5, 5.41) is 0. The molecule has 1 nitrogen and oxygen atoms in total. The zero-order valence-corrected chi connectivity index (χ0v) is 7.33. The van der Waals surface area contributed by atoms with Gasteiger partial charge >= 0.3 is 0 Å². The minimum Gasteiger partial charge on any atom is -0.374 e. The minimum absolute atomic E-state index is 0.439. The van der Waals surface area contributed by atoms with Crippen LogP contribution in [0.1, 0.15) is 18.6 Å². The largest absolute Gasteiger partial charge is 0.374 e. The smallest absolute Gasteiger partial charge is 0.128 e. The van der Waals surface area contributed by atoms with Crippen molar-refractivity contribution >= 4 is 0 Å². The standard InChI is InChI=1S/C10H13FO/c1-8(11)10(12-2)9-6-4-3-5-7-9/h3-8,10H,1-2H3. The van der Waals surface area contributed by atoms with Gasteiger partial charge in [-0.2, -0.15) is 0 Å². The monoisotopic (exact) mass is 168 g/mol. The summed E-state index contributed by atoms with van der Waals surface area (Å²) in [5.74, 6) is 0. The zero-order valence-electron chi connectivity index (χ0n) is 7.33. The number of rotatable bonds is 3. The first kappa shape index (κ1) is 9.20. The lowest BCUT2D eigenvalue weighted by Crippen LogP contribution is -2.11. The molecule has 0 bridgehead atoms. The van der Waals surface area contributed by atoms with Gasteiger partial charge in [0.25, 0.3) is 0 Å². The number of alkyl halides is 1. The molecule has 2 heteroatoms. The molecule has 0 aliphatic heterocycles. The number of ether oxygens (including phenoxy) is 1. The SMILES string of the molecule is COC(c1ccccc1)C(C)F. The van der Waals surface area contributed by atoms with E-state index >= 15 is 0 Å². The molecule has 1 aromatic rings. The van der Waals surface area contributed by atoms with E-state index in [1.54, 1.807) is 0 Å².